The summed E-state index contributed by atoms with van der Waals surface area (Å²) >= 11 is 0. The first-order valence-electron chi connectivity index (χ1n) is 10.3. The van der Waals surface area contributed by atoms with Crippen molar-refractivity contribution in [3.63, 3.8) is 0 Å². The number of nitriles is 1. The Bertz CT molecular complexity index is 666. The molecule has 3 nitrogen and oxygen atoms in total. The third-order valence-electron chi connectivity index (χ3n) is 7.62. The number of fused-ring (bicyclic) bond motifs is 6. The van der Waals surface area contributed by atoms with Gasteiger partial charge in [-0.2, -0.15) is 5.26 Å². The molecule has 4 saturated heterocycles. The Balaban J connectivity index is 1.52. The summed E-state index contributed by atoms with van der Waals surface area (Å²) in [7, 11) is 0. The number of rotatable bonds is 1. The molecule has 1 aromatic carbocycles. The van der Waals surface area contributed by atoms with Gasteiger partial charge in [0.05, 0.1) is 6.07 Å². The second kappa shape index (κ2) is 6.11. The summed E-state index contributed by atoms with van der Waals surface area (Å²) in [5, 5.41) is 10.3. The van der Waals surface area contributed by atoms with E-state index in [1.54, 1.807) is 0 Å². The first-order valence-corrected chi connectivity index (χ1v) is 10.3. The standard InChI is InChI=1S/C22H29N3/c23-16-22(19-7-2-1-3-8-19)11-6-10-21-17-13-18(15-25(21)22)20-9-4-5-12-24(20)14-17/h1-3,7-8,17-18,20-21H,4-6,9-15H2/t17-,18-,20-,21+,22?/m0/s1. The number of nitrogens with zero attached hydrogens (tertiary/aromatic N) is 3. The minimum atomic E-state index is -0.391. The van der Waals surface area contributed by atoms with Crippen LogP contribution in [0.1, 0.15) is 50.5 Å². The van der Waals surface area contributed by atoms with E-state index in [0.29, 0.717) is 6.04 Å². The molecule has 5 atom stereocenters. The van der Waals surface area contributed by atoms with Crippen LogP contribution in [-0.2, 0) is 5.54 Å². The molecular formula is C22H29N3. The molecule has 4 aliphatic heterocycles. The Morgan fingerprint density at radius 3 is 2.60 bits per heavy atom. The first-order chi connectivity index (χ1) is 12.3. The van der Waals surface area contributed by atoms with E-state index in [9.17, 15) is 5.26 Å². The molecule has 2 bridgehead atoms. The largest absolute Gasteiger partial charge is 0.300 e. The van der Waals surface area contributed by atoms with Gasteiger partial charge in [0.2, 0.25) is 0 Å². The smallest absolute Gasteiger partial charge is 0.135 e. The number of benzene rings is 1. The fraction of sp³-hybridized carbons (Fsp3) is 0.682. The summed E-state index contributed by atoms with van der Waals surface area (Å²) in [6.07, 6.45) is 9.03. The van der Waals surface area contributed by atoms with Crippen LogP contribution in [0.25, 0.3) is 0 Å². The number of hydrogen-bond donors (Lipinski definition) is 0. The minimum absolute atomic E-state index is 0.391. The molecule has 0 amide bonds. The highest BCUT2D eigenvalue weighted by Gasteiger charge is 2.54. The van der Waals surface area contributed by atoms with Gasteiger partial charge >= 0.3 is 0 Å². The van der Waals surface area contributed by atoms with Crippen LogP contribution in [0.3, 0.4) is 0 Å². The van der Waals surface area contributed by atoms with E-state index < -0.39 is 5.54 Å². The second-order valence-electron chi connectivity index (χ2n) is 8.76. The van der Waals surface area contributed by atoms with Gasteiger partial charge in [0.25, 0.3) is 0 Å². The van der Waals surface area contributed by atoms with Crippen LogP contribution in [0.5, 0.6) is 0 Å². The van der Waals surface area contributed by atoms with Crippen molar-refractivity contribution in [1.82, 2.24) is 9.80 Å². The minimum Gasteiger partial charge on any atom is -0.300 e. The van der Waals surface area contributed by atoms with Crippen LogP contribution < -0.4 is 0 Å². The van der Waals surface area contributed by atoms with Crippen LogP contribution >= 0.6 is 0 Å². The molecule has 0 N–H and O–H groups in total. The second-order valence-corrected chi connectivity index (χ2v) is 8.76. The van der Waals surface area contributed by atoms with Crippen molar-refractivity contribution in [3.8, 4) is 6.07 Å². The van der Waals surface area contributed by atoms with Crippen LogP contribution in [0.2, 0.25) is 0 Å². The molecule has 132 valence electrons. The van der Waals surface area contributed by atoms with Gasteiger partial charge in [-0.05, 0) is 62.5 Å². The van der Waals surface area contributed by atoms with Crippen molar-refractivity contribution in [2.45, 2.75) is 62.6 Å². The van der Waals surface area contributed by atoms with E-state index in [0.717, 1.165) is 30.8 Å². The molecule has 0 aromatic heterocycles. The highest BCUT2D eigenvalue weighted by atomic mass is 15.3. The fourth-order valence-electron chi connectivity index (χ4n) is 6.57. The number of piperidine rings is 4. The molecule has 25 heavy (non-hydrogen) atoms. The highest BCUT2D eigenvalue weighted by Crippen LogP contribution is 2.49. The van der Waals surface area contributed by atoms with E-state index in [-0.39, 0.29) is 0 Å². The van der Waals surface area contributed by atoms with Gasteiger partial charge in [0.1, 0.15) is 5.54 Å². The van der Waals surface area contributed by atoms with Gasteiger partial charge in [0.15, 0.2) is 0 Å². The lowest BCUT2D eigenvalue weighted by molar-refractivity contribution is -0.108. The molecule has 5 rings (SSSR count). The normalized spacial score (nSPS) is 41.4. The van der Waals surface area contributed by atoms with Gasteiger partial charge in [-0.1, -0.05) is 36.8 Å². The molecule has 1 unspecified atom stereocenters. The zero-order valence-corrected chi connectivity index (χ0v) is 15.1. The van der Waals surface area contributed by atoms with E-state index in [1.807, 2.05) is 0 Å². The summed E-state index contributed by atoms with van der Waals surface area (Å²) in [5.74, 6) is 1.54. The molecule has 0 aliphatic carbocycles. The lowest BCUT2D eigenvalue weighted by Crippen LogP contribution is -2.67. The summed E-state index contributed by atoms with van der Waals surface area (Å²) in [5.41, 5.74) is 0.834. The summed E-state index contributed by atoms with van der Waals surface area (Å²) in [6.45, 7) is 3.72. The van der Waals surface area contributed by atoms with Gasteiger partial charge in [-0.25, -0.2) is 0 Å². The SMILES string of the molecule is N#CC1(c2ccccc2)CCC[C@@H]2[C@H]3C[C@@H](CN21)[C@@H]1CCCCN1C3. The zero-order valence-electron chi connectivity index (χ0n) is 15.1. The van der Waals surface area contributed by atoms with Crippen molar-refractivity contribution in [3.05, 3.63) is 35.9 Å². The first kappa shape index (κ1) is 15.9. The third kappa shape index (κ3) is 2.38. The third-order valence-corrected chi connectivity index (χ3v) is 7.62. The maximum absolute atomic E-state index is 10.3. The van der Waals surface area contributed by atoms with Gasteiger partial charge in [-0.15, -0.1) is 0 Å². The maximum atomic E-state index is 10.3. The van der Waals surface area contributed by atoms with Crippen LogP contribution in [0.15, 0.2) is 30.3 Å². The van der Waals surface area contributed by atoms with Gasteiger partial charge in [0, 0.05) is 25.2 Å². The van der Waals surface area contributed by atoms with Gasteiger partial charge < -0.3 is 0 Å². The summed E-state index contributed by atoms with van der Waals surface area (Å²) in [6, 6.07) is 14.8. The average Bonchev–Trinajstić information content (AvgIpc) is 2.68. The summed E-state index contributed by atoms with van der Waals surface area (Å²) in [4.78, 5) is 5.47. The van der Waals surface area contributed by atoms with E-state index in [1.165, 1.54) is 57.2 Å². The van der Waals surface area contributed by atoms with E-state index in [2.05, 4.69) is 46.2 Å². The van der Waals surface area contributed by atoms with Crippen LogP contribution in [0, 0.1) is 23.2 Å². The van der Waals surface area contributed by atoms with Gasteiger partial charge in [-0.3, -0.25) is 9.80 Å². The van der Waals surface area contributed by atoms with Crippen molar-refractivity contribution in [1.29, 1.82) is 5.26 Å². The molecule has 4 fully saturated rings. The lowest BCUT2D eigenvalue weighted by Gasteiger charge is -2.60. The van der Waals surface area contributed by atoms with Crippen molar-refractivity contribution < 1.29 is 0 Å². The quantitative estimate of drug-likeness (QED) is 0.783. The molecular weight excluding hydrogens is 306 g/mol. The molecule has 0 saturated carbocycles. The topological polar surface area (TPSA) is 30.3 Å². The van der Waals surface area contributed by atoms with Crippen LogP contribution in [0.4, 0.5) is 0 Å². The Morgan fingerprint density at radius 1 is 0.960 bits per heavy atom. The average molecular weight is 335 g/mol. The predicted octanol–water partition coefficient (Wildman–Crippen LogP) is 3.76. The molecule has 3 heteroatoms. The monoisotopic (exact) mass is 335 g/mol. The molecule has 4 aliphatic rings. The van der Waals surface area contributed by atoms with Crippen molar-refractivity contribution >= 4 is 0 Å². The van der Waals surface area contributed by atoms with E-state index in [4.69, 9.17) is 0 Å². The van der Waals surface area contributed by atoms with Crippen molar-refractivity contribution in [2.75, 3.05) is 19.6 Å². The zero-order chi connectivity index (χ0) is 16.9. The van der Waals surface area contributed by atoms with Crippen LogP contribution in [-0.4, -0.2) is 41.5 Å². The van der Waals surface area contributed by atoms with E-state index >= 15 is 0 Å². The summed E-state index contributed by atoms with van der Waals surface area (Å²) < 4.78 is 0. The lowest BCUT2D eigenvalue weighted by atomic mass is 9.67. The Labute approximate surface area is 151 Å². The molecule has 1 aromatic rings. The highest BCUT2D eigenvalue weighted by molar-refractivity contribution is 5.33. The maximum Gasteiger partial charge on any atom is 0.135 e. The predicted molar refractivity (Wildman–Crippen MR) is 98.9 cm³/mol. The Hall–Kier alpha value is -1.37. The molecule has 4 heterocycles. The van der Waals surface area contributed by atoms with Crippen molar-refractivity contribution in [2.24, 2.45) is 11.8 Å². The Kier molecular flexibility index (Phi) is 3.87. The fourth-order valence-corrected chi connectivity index (χ4v) is 6.57. The molecule has 0 spiro atoms. The Morgan fingerprint density at radius 2 is 1.76 bits per heavy atom. The molecule has 0 radical (unpaired) electrons. The number of hydrogen-bond acceptors (Lipinski definition) is 3.